The molecule has 0 spiro atoms. The van der Waals surface area contributed by atoms with Crippen LogP contribution >= 0.6 is 0 Å². The highest BCUT2D eigenvalue weighted by Crippen LogP contribution is 1.99. The number of carboxylic acid groups (broad SMARTS) is 1. The summed E-state index contributed by atoms with van der Waals surface area (Å²) >= 11 is 0. The third-order valence-corrected chi connectivity index (χ3v) is 2.52. The number of nitrogens with zero attached hydrogens (tertiary/aromatic N) is 1. The van der Waals surface area contributed by atoms with Crippen LogP contribution in [0.3, 0.4) is 0 Å². The molecular formula is C11H22N2O3. The van der Waals surface area contributed by atoms with E-state index in [0.29, 0.717) is 31.8 Å². The number of likely N-dealkylation sites (N-methyl/N-ethyl adjacent to an activating group) is 1. The summed E-state index contributed by atoms with van der Waals surface area (Å²) < 4.78 is 0. The van der Waals surface area contributed by atoms with Gasteiger partial charge in [-0.1, -0.05) is 0 Å². The van der Waals surface area contributed by atoms with Gasteiger partial charge in [-0.25, -0.2) is 0 Å². The van der Waals surface area contributed by atoms with Crippen LogP contribution in [0.1, 0.15) is 32.6 Å². The second-order valence-corrected chi connectivity index (χ2v) is 4.22. The van der Waals surface area contributed by atoms with Crippen molar-refractivity contribution < 1.29 is 14.7 Å². The van der Waals surface area contributed by atoms with Gasteiger partial charge in [0.05, 0.1) is 0 Å². The van der Waals surface area contributed by atoms with Gasteiger partial charge in [0.25, 0.3) is 0 Å². The lowest BCUT2D eigenvalue weighted by molar-refractivity contribution is -0.137. The summed E-state index contributed by atoms with van der Waals surface area (Å²) in [5, 5.41) is 11.2. The van der Waals surface area contributed by atoms with Crippen molar-refractivity contribution in [3.8, 4) is 0 Å². The van der Waals surface area contributed by atoms with Crippen LogP contribution in [0.4, 0.5) is 0 Å². The van der Waals surface area contributed by atoms with E-state index in [1.54, 1.807) is 0 Å². The standard InChI is InChI=1S/C11H22N2O3/c1-9(13(2)3)8-12-10(14)6-4-5-7-11(15)16/h9H,4-8H2,1-3H3,(H,12,14)(H,15,16). The molecule has 1 unspecified atom stereocenters. The molecule has 0 radical (unpaired) electrons. The van der Waals surface area contributed by atoms with Gasteiger partial charge in [0.2, 0.25) is 5.91 Å². The summed E-state index contributed by atoms with van der Waals surface area (Å²) in [4.78, 5) is 23.6. The van der Waals surface area contributed by atoms with Gasteiger partial charge < -0.3 is 15.3 Å². The molecule has 1 atom stereocenters. The first-order chi connectivity index (χ1) is 7.43. The Hall–Kier alpha value is -1.10. The first kappa shape index (κ1) is 14.9. The summed E-state index contributed by atoms with van der Waals surface area (Å²) in [5.41, 5.74) is 0. The number of hydrogen-bond acceptors (Lipinski definition) is 3. The number of carboxylic acids is 1. The number of amides is 1. The fourth-order valence-electron chi connectivity index (χ4n) is 1.09. The van der Waals surface area contributed by atoms with Gasteiger partial charge in [0.15, 0.2) is 0 Å². The Morgan fingerprint density at radius 3 is 2.31 bits per heavy atom. The quantitative estimate of drug-likeness (QED) is 0.602. The Bertz CT molecular complexity index is 229. The third kappa shape index (κ3) is 8.23. The Balaban J connectivity index is 3.48. The number of carbonyl (C=O) groups is 2. The Kier molecular flexibility index (Phi) is 7.54. The van der Waals surface area contributed by atoms with Crippen LogP contribution in [-0.2, 0) is 9.59 Å². The Morgan fingerprint density at radius 1 is 1.25 bits per heavy atom. The molecule has 0 aromatic heterocycles. The van der Waals surface area contributed by atoms with E-state index in [-0.39, 0.29) is 12.3 Å². The van der Waals surface area contributed by atoms with E-state index in [4.69, 9.17) is 5.11 Å². The molecule has 0 rings (SSSR count). The summed E-state index contributed by atoms with van der Waals surface area (Å²) in [6, 6.07) is 0.308. The first-order valence-corrected chi connectivity index (χ1v) is 5.58. The first-order valence-electron chi connectivity index (χ1n) is 5.58. The molecule has 0 aliphatic rings. The van der Waals surface area contributed by atoms with Crippen molar-refractivity contribution in [3.63, 3.8) is 0 Å². The zero-order valence-electron chi connectivity index (χ0n) is 10.3. The molecule has 16 heavy (non-hydrogen) atoms. The van der Waals surface area contributed by atoms with Crippen LogP contribution < -0.4 is 5.32 Å². The van der Waals surface area contributed by atoms with Crippen molar-refractivity contribution in [1.82, 2.24) is 10.2 Å². The molecule has 0 saturated carbocycles. The van der Waals surface area contributed by atoms with Crippen LogP contribution in [0.2, 0.25) is 0 Å². The number of unbranched alkanes of at least 4 members (excludes halogenated alkanes) is 1. The minimum absolute atomic E-state index is 0.000844. The molecule has 0 aromatic rings. The van der Waals surface area contributed by atoms with Gasteiger partial charge in [-0.3, -0.25) is 9.59 Å². The van der Waals surface area contributed by atoms with Crippen LogP contribution in [0.5, 0.6) is 0 Å². The van der Waals surface area contributed by atoms with Crippen LogP contribution in [0, 0.1) is 0 Å². The van der Waals surface area contributed by atoms with E-state index in [1.807, 2.05) is 25.9 Å². The predicted molar refractivity (Wildman–Crippen MR) is 62.3 cm³/mol. The molecule has 0 fully saturated rings. The number of rotatable bonds is 8. The lowest BCUT2D eigenvalue weighted by atomic mass is 10.2. The minimum atomic E-state index is -0.804. The van der Waals surface area contributed by atoms with Gasteiger partial charge >= 0.3 is 5.97 Å². The molecule has 5 heteroatoms. The normalized spacial score (nSPS) is 12.5. The predicted octanol–water partition coefficient (Wildman–Crippen LogP) is 0.698. The fourth-order valence-corrected chi connectivity index (χ4v) is 1.09. The number of carbonyl (C=O) groups excluding carboxylic acids is 1. The lowest BCUT2D eigenvalue weighted by Gasteiger charge is -2.19. The molecule has 0 aromatic carbocycles. The molecule has 1 amide bonds. The Morgan fingerprint density at radius 2 is 1.81 bits per heavy atom. The zero-order chi connectivity index (χ0) is 12.6. The van der Waals surface area contributed by atoms with E-state index < -0.39 is 5.97 Å². The molecule has 0 aliphatic carbocycles. The van der Waals surface area contributed by atoms with E-state index in [0.717, 1.165) is 0 Å². The summed E-state index contributed by atoms with van der Waals surface area (Å²) in [6.07, 6.45) is 1.75. The third-order valence-electron chi connectivity index (χ3n) is 2.52. The molecule has 0 heterocycles. The topological polar surface area (TPSA) is 69.6 Å². The highest BCUT2D eigenvalue weighted by atomic mass is 16.4. The molecule has 0 saturated heterocycles. The Labute approximate surface area is 96.8 Å². The van der Waals surface area contributed by atoms with Crippen LogP contribution in [0.25, 0.3) is 0 Å². The monoisotopic (exact) mass is 230 g/mol. The maximum Gasteiger partial charge on any atom is 0.303 e. The molecule has 5 nitrogen and oxygen atoms in total. The average Bonchev–Trinajstić information content (AvgIpc) is 2.20. The van der Waals surface area contributed by atoms with Crippen molar-refractivity contribution in [2.24, 2.45) is 0 Å². The SMILES string of the molecule is CC(CNC(=O)CCCCC(=O)O)N(C)C. The summed E-state index contributed by atoms with van der Waals surface area (Å²) in [7, 11) is 3.92. The maximum absolute atomic E-state index is 11.3. The second kappa shape index (κ2) is 8.10. The lowest BCUT2D eigenvalue weighted by Crippen LogP contribution is -2.38. The van der Waals surface area contributed by atoms with Gasteiger partial charge in [-0.2, -0.15) is 0 Å². The summed E-state index contributed by atoms with van der Waals surface area (Å²) in [6.45, 7) is 2.66. The highest BCUT2D eigenvalue weighted by molar-refractivity contribution is 5.75. The smallest absolute Gasteiger partial charge is 0.303 e. The van der Waals surface area contributed by atoms with Crippen molar-refractivity contribution in [3.05, 3.63) is 0 Å². The van der Waals surface area contributed by atoms with Gasteiger partial charge in [0, 0.05) is 25.4 Å². The average molecular weight is 230 g/mol. The fraction of sp³-hybridized carbons (Fsp3) is 0.818. The number of aliphatic carboxylic acids is 1. The van der Waals surface area contributed by atoms with E-state index in [9.17, 15) is 9.59 Å². The molecule has 2 N–H and O–H groups in total. The van der Waals surface area contributed by atoms with Crippen LogP contribution in [0.15, 0.2) is 0 Å². The number of nitrogens with one attached hydrogen (secondary N) is 1. The van der Waals surface area contributed by atoms with E-state index in [1.165, 1.54) is 0 Å². The maximum atomic E-state index is 11.3. The highest BCUT2D eigenvalue weighted by Gasteiger charge is 2.07. The second-order valence-electron chi connectivity index (χ2n) is 4.22. The molecular weight excluding hydrogens is 208 g/mol. The zero-order valence-corrected chi connectivity index (χ0v) is 10.3. The summed E-state index contributed by atoms with van der Waals surface area (Å²) in [5.74, 6) is -0.805. The van der Waals surface area contributed by atoms with Crippen molar-refractivity contribution >= 4 is 11.9 Å². The van der Waals surface area contributed by atoms with Crippen molar-refractivity contribution in [2.45, 2.75) is 38.6 Å². The molecule has 0 aliphatic heterocycles. The number of hydrogen-bond donors (Lipinski definition) is 2. The van der Waals surface area contributed by atoms with Gasteiger partial charge in [0.1, 0.15) is 0 Å². The van der Waals surface area contributed by atoms with Gasteiger partial charge in [-0.05, 0) is 33.9 Å². The molecule has 0 bridgehead atoms. The van der Waals surface area contributed by atoms with E-state index >= 15 is 0 Å². The largest absolute Gasteiger partial charge is 0.481 e. The molecule has 94 valence electrons. The minimum Gasteiger partial charge on any atom is -0.481 e. The van der Waals surface area contributed by atoms with Crippen LogP contribution in [-0.4, -0.2) is 48.6 Å². The van der Waals surface area contributed by atoms with Gasteiger partial charge in [-0.15, -0.1) is 0 Å². The van der Waals surface area contributed by atoms with Crippen molar-refractivity contribution in [1.29, 1.82) is 0 Å². The van der Waals surface area contributed by atoms with E-state index in [2.05, 4.69) is 5.32 Å². The van der Waals surface area contributed by atoms with Crippen molar-refractivity contribution in [2.75, 3.05) is 20.6 Å².